The van der Waals surface area contributed by atoms with Crippen LogP contribution < -0.4 is 5.32 Å². The highest BCUT2D eigenvalue weighted by molar-refractivity contribution is 5.08. The van der Waals surface area contributed by atoms with Crippen LogP contribution in [0.5, 0.6) is 0 Å². The van der Waals surface area contributed by atoms with E-state index in [2.05, 4.69) is 31.8 Å². The highest BCUT2D eigenvalue weighted by Crippen LogP contribution is 2.22. The molecular weight excluding hydrogens is 86.1 g/mol. The molecule has 0 bridgehead atoms. The van der Waals surface area contributed by atoms with E-state index in [1.54, 1.807) is 0 Å². The summed E-state index contributed by atoms with van der Waals surface area (Å²) in [5.74, 6) is 0. The van der Waals surface area contributed by atoms with Gasteiger partial charge in [-0.15, -0.1) is 0 Å². The van der Waals surface area contributed by atoms with Crippen LogP contribution in [-0.2, 0) is 0 Å². The molecule has 0 aliphatic carbocycles. The predicted octanol–water partition coefficient (Wildman–Crippen LogP) is 1.29. The second kappa shape index (κ2) is 1.25. The van der Waals surface area contributed by atoms with E-state index in [0.29, 0.717) is 0 Å². The standard InChI is InChI=1S/C6H10N/c1-6(2)3-4-7-5-6/h3-5,7H,1-2H3. The molecule has 0 aromatic rings. The lowest BCUT2D eigenvalue weighted by molar-refractivity contribution is 0.570. The van der Waals surface area contributed by atoms with Crippen molar-refractivity contribution in [2.24, 2.45) is 5.41 Å². The summed E-state index contributed by atoms with van der Waals surface area (Å²) in [5.41, 5.74) is 0.278. The zero-order valence-electron chi connectivity index (χ0n) is 4.73. The van der Waals surface area contributed by atoms with E-state index in [1.807, 2.05) is 6.20 Å². The number of nitrogens with one attached hydrogen (secondary N) is 1. The van der Waals surface area contributed by atoms with Crippen molar-refractivity contribution < 1.29 is 0 Å². The molecule has 0 unspecified atom stereocenters. The van der Waals surface area contributed by atoms with E-state index in [-0.39, 0.29) is 5.41 Å². The molecule has 0 aromatic heterocycles. The van der Waals surface area contributed by atoms with E-state index in [1.165, 1.54) is 0 Å². The first-order chi connectivity index (χ1) is 3.21. The highest BCUT2D eigenvalue weighted by atomic mass is 14.9. The third kappa shape index (κ3) is 0.952. The first-order valence-electron chi connectivity index (χ1n) is 2.49. The Morgan fingerprint density at radius 2 is 2.14 bits per heavy atom. The summed E-state index contributed by atoms with van der Waals surface area (Å²) in [5, 5.41) is 3.01. The Hall–Kier alpha value is -0.460. The average Bonchev–Trinajstić information content (AvgIpc) is 1.84. The summed E-state index contributed by atoms with van der Waals surface area (Å²) in [6.45, 7) is 6.38. The Labute approximate surface area is 44.4 Å². The fourth-order valence-corrected chi connectivity index (χ4v) is 0.574. The summed E-state index contributed by atoms with van der Waals surface area (Å²) in [6, 6.07) is 0. The van der Waals surface area contributed by atoms with Crippen molar-refractivity contribution in [1.29, 1.82) is 0 Å². The van der Waals surface area contributed by atoms with E-state index in [9.17, 15) is 0 Å². The van der Waals surface area contributed by atoms with Gasteiger partial charge in [0.15, 0.2) is 0 Å². The van der Waals surface area contributed by atoms with Crippen molar-refractivity contribution >= 4 is 0 Å². The minimum absolute atomic E-state index is 0.278. The van der Waals surface area contributed by atoms with Crippen molar-refractivity contribution in [3.63, 3.8) is 0 Å². The van der Waals surface area contributed by atoms with Crippen molar-refractivity contribution in [1.82, 2.24) is 5.32 Å². The van der Waals surface area contributed by atoms with Gasteiger partial charge in [0, 0.05) is 5.41 Å². The monoisotopic (exact) mass is 96.1 g/mol. The molecule has 1 radical (unpaired) electrons. The van der Waals surface area contributed by atoms with Gasteiger partial charge in [-0.1, -0.05) is 19.9 Å². The molecule has 7 heavy (non-hydrogen) atoms. The number of hydrogen-bond acceptors (Lipinski definition) is 1. The SMILES string of the molecule is CC1(C)[CH]NC=C1. The fourth-order valence-electron chi connectivity index (χ4n) is 0.574. The van der Waals surface area contributed by atoms with Crippen molar-refractivity contribution in [2.45, 2.75) is 13.8 Å². The van der Waals surface area contributed by atoms with Gasteiger partial charge in [-0.25, -0.2) is 0 Å². The molecule has 0 saturated heterocycles. The second-order valence-electron chi connectivity index (χ2n) is 2.47. The average molecular weight is 96.2 g/mol. The van der Waals surface area contributed by atoms with E-state index < -0.39 is 0 Å². The smallest absolute Gasteiger partial charge is 0.0551 e. The maximum Gasteiger partial charge on any atom is 0.0551 e. The van der Waals surface area contributed by atoms with Crippen LogP contribution in [0, 0.1) is 12.0 Å². The first-order valence-corrected chi connectivity index (χ1v) is 2.49. The largest absolute Gasteiger partial charge is 0.385 e. The summed E-state index contributed by atoms with van der Waals surface area (Å²) >= 11 is 0. The summed E-state index contributed by atoms with van der Waals surface area (Å²) in [7, 11) is 0. The molecule has 1 aliphatic rings. The Kier molecular flexibility index (Phi) is 0.841. The Balaban J connectivity index is 2.57. The minimum atomic E-state index is 0.278. The van der Waals surface area contributed by atoms with Crippen LogP contribution in [0.4, 0.5) is 0 Å². The van der Waals surface area contributed by atoms with Gasteiger partial charge in [0.25, 0.3) is 0 Å². The molecule has 1 aliphatic heterocycles. The molecule has 0 fully saturated rings. The van der Waals surface area contributed by atoms with E-state index in [4.69, 9.17) is 0 Å². The number of rotatable bonds is 0. The highest BCUT2D eigenvalue weighted by Gasteiger charge is 2.16. The lowest BCUT2D eigenvalue weighted by atomic mass is 9.96. The van der Waals surface area contributed by atoms with Gasteiger partial charge >= 0.3 is 0 Å². The Bertz CT molecular complexity index is 92.4. The third-order valence-electron chi connectivity index (χ3n) is 1.06. The van der Waals surface area contributed by atoms with Gasteiger partial charge in [-0.2, -0.15) is 0 Å². The zero-order chi connectivity index (χ0) is 5.33. The minimum Gasteiger partial charge on any atom is -0.385 e. The lowest BCUT2D eigenvalue weighted by Gasteiger charge is -2.10. The van der Waals surface area contributed by atoms with Gasteiger partial charge < -0.3 is 5.32 Å². The molecule has 39 valence electrons. The summed E-state index contributed by atoms with van der Waals surface area (Å²) in [4.78, 5) is 0. The van der Waals surface area contributed by atoms with E-state index in [0.717, 1.165) is 0 Å². The fraction of sp³-hybridized carbons (Fsp3) is 0.500. The normalized spacial score (nSPS) is 24.9. The Morgan fingerprint density at radius 1 is 1.43 bits per heavy atom. The van der Waals surface area contributed by atoms with Crippen LogP contribution in [0.1, 0.15) is 13.8 Å². The van der Waals surface area contributed by atoms with Gasteiger partial charge in [-0.05, 0) is 6.20 Å². The Morgan fingerprint density at radius 3 is 2.29 bits per heavy atom. The number of hydrogen-bond donors (Lipinski definition) is 1. The third-order valence-corrected chi connectivity index (χ3v) is 1.06. The first kappa shape index (κ1) is 4.69. The van der Waals surface area contributed by atoms with Crippen LogP contribution in [0.2, 0.25) is 0 Å². The van der Waals surface area contributed by atoms with Gasteiger partial charge in [0.05, 0.1) is 6.54 Å². The molecule has 1 heterocycles. The predicted molar refractivity (Wildman–Crippen MR) is 30.4 cm³/mol. The quantitative estimate of drug-likeness (QED) is 0.479. The van der Waals surface area contributed by atoms with Gasteiger partial charge in [-0.3, -0.25) is 0 Å². The van der Waals surface area contributed by atoms with Gasteiger partial charge in [0.1, 0.15) is 0 Å². The van der Waals surface area contributed by atoms with E-state index >= 15 is 0 Å². The topological polar surface area (TPSA) is 12.0 Å². The van der Waals surface area contributed by atoms with Crippen LogP contribution in [0.15, 0.2) is 12.3 Å². The van der Waals surface area contributed by atoms with Crippen LogP contribution in [0.25, 0.3) is 0 Å². The van der Waals surface area contributed by atoms with Crippen LogP contribution >= 0.6 is 0 Å². The van der Waals surface area contributed by atoms with Crippen molar-refractivity contribution in [3.8, 4) is 0 Å². The van der Waals surface area contributed by atoms with Crippen LogP contribution in [0.3, 0.4) is 0 Å². The molecule has 0 saturated carbocycles. The van der Waals surface area contributed by atoms with Gasteiger partial charge in [0.2, 0.25) is 0 Å². The molecular formula is C6H10N. The van der Waals surface area contributed by atoms with Crippen molar-refractivity contribution in [3.05, 3.63) is 18.8 Å². The molecule has 0 amide bonds. The summed E-state index contributed by atoms with van der Waals surface area (Å²) in [6.07, 6.45) is 4.09. The maximum atomic E-state index is 3.01. The molecule has 1 heteroatoms. The molecule has 0 atom stereocenters. The molecule has 1 nitrogen and oxygen atoms in total. The lowest BCUT2D eigenvalue weighted by Crippen LogP contribution is -2.08. The molecule has 0 aromatic carbocycles. The van der Waals surface area contributed by atoms with Crippen molar-refractivity contribution in [2.75, 3.05) is 0 Å². The molecule has 0 spiro atoms. The second-order valence-corrected chi connectivity index (χ2v) is 2.47. The van der Waals surface area contributed by atoms with Crippen LogP contribution in [-0.4, -0.2) is 0 Å². The summed E-state index contributed by atoms with van der Waals surface area (Å²) < 4.78 is 0. The molecule has 1 N–H and O–H groups in total. The zero-order valence-corrected chi connectivity index (χ0v) is 4.73. The maximum absolute atomic E-state index is 3.01. The molecule has 1 rings (SSSR count).